The van der Waals surface area contributed by atoms with Crippen LogP contribution in [-0.2, 0) is 15.1 Å². The van der Waals surface area contributed by atoms with E-state index in [4.69, 9.17) is 10.5 Å². The standard InChI is InChI=1S/C13H19N5O3/c1-6-15-8(14)7-9(16-6)17-10(19)13(7,5)18-11(20)21-12(2,3)4/h1-5H3,(H,18,20)(H3,14,15,16,17,19). The lowest BCUT2D eigenvalue weighted by Gasteiger charge is -2.27. The van der Waals surface area contributed by atoms with E-state index in [0.29, 0.717) is 17.2 Å². The molecule has 2 amide bonds. The third-order valence-electron chi connectivity index (χ3n) is 2.99. The van der Waals surface area contributed by atoms with E-state index >= 15 is 0 Å². The topological polar surface area (TPSA) is 119 Å². The van der Waals surface area contributed by atoms with Crippen molar-refractivity contribution < 1.29 is 14.3 Å². The molecule has 4 N–H and O–H groups in total. The van der Waals surface area contributed by atoms with E-state index in [0.717, 1.165) is 0 Å². The first-order chi connectivity index (χ1) is 9.53. The third kappa shape index (κ3) is 2.74. The summed E-state index contributed by atoms with van der Waals surface area (Å²) in [4.78, 5) is 32.3. The lowest BCUT2D eigenvalue weighted by molar-refractivity contribution is -0.121. The van der Waals surface area contributed by atoms with Crippen molar-refractivity contribution in [2.24, 2.45) is 0 Å². The monoisotopic (exact) mass is 293 g/mol. The zero-order valence-electron chi connectivity index (χ0n) is 12.7. The van der Waals surface area contributed by atoms with Crippen LogP contribution in [0.5, 0.6) is 0 Å². The number of nitrogens with one attached hydrogen (secondary N) is 2. The molecule has 8 nitrogen and oxygen atoms in total. The number of nitrogen functional groups attached to an aromatic ring is 1. The Labute approximate surface area is 122 Å². The first-order valence-electron chi connectivity index (χ1n) is 6.50. The van der Waals surface area contributed by atoms with Crippen LogP contribution in [0, 0.1) is 6.92 Å². The first kappa shape index (κ1) is 15.0. The number of amides is 2. The fourth-order valence-corrected chi connectivity index (χ4v) is 2.15. The van der Waals surface area contributed by atoms with E-state index < -0.39 is 23.1 Å². The second-order valence-electron chi connectivity index (χ2n) is 6.09. The summed E-state index contributed by atoms with van der Waals surface area (Å²) in [7, 11) is 0. The number of anilines is 2. The number of aryl methyl sites for hydroxylation is 1. The number of ether oxygens (including phenoxy) is 1. The fraction of sp³-hybridized carbons (Fsp3) is 0.538. The van der Waals surface area contributed by atoms with Gasteiger partial charge in [-0.05, 0) is 34.6 Å². The molecule has 1 aliphatic rings. The molecule has 1 aromatic heterocycles. The van der Waals surface area contributed by atoms with Crippen LogP contribution in [-0.4, -0.2) is 27.6 Å². The van der Waals surface area contributed by atoms with Gasteiger partial charge in [-0.25, -0.2) is 14.8 Å². The first-order valence-corrected chi connectivity index (χ1v) is 6.50. The Morgan fingerprint density at radius 3 is 2.57 bits per heavy atom. The Morgan fingerprint density at radius 2 is 2.00 bits per heavy atom. The Bertz CT molecular complexity index is 623. The molecule has 0 saturated heterocycles. The van der Waals surface area contributed by atoms with Crippen molar-refractivity contribution in [2.45, 2.75) is 45.8 Å². The van der Waals surface area contributed by atoms with Crippen molar-refractivity contribution in [1.82, 2.24) is 15.3 Å². The minimum atomic E-state index is -1.37. The van der Waals surface area contributed by atoms with E-state index in [1.807, 2.05) is 0 Å². The van der Waals surface area contributed by atoms with E-state index in [1.54, 1.807) is 27.7 Å². The molecule has 0 aliphatic carbocycles. The fourth-order valence-electron chi connectivity index (χ4n) is 2.15. The molecule has 0 saturated carbocycles. The highest BCUT2D eigenvalue weighted by Gasteiger charge is 2.48. The number of fused-ring (bicyclic) bond motifs is 1. The zero-order chi connectivity index (χ0) is 16.0. The molecule has 1 unspecified atom stereocenters. The number of carbonyl (C=O) groups is 2. The molecular formula is C13H19N5O3. The van der Waals surface area contributed by atoms with Gasteiger partial charge in [0, 0.05) is 0 Å². The van der Waals surface area contributed by atoms with Gasteiger partial charge in [0.05, 0.1) is 5.56 Å². The normalized spacial score (nSPS) is 20.7. The van der Waals surface area contributed by atoms with Gasteiger partial charge in [-0.2, -0.15) is 0 Å². The van der Waals surface area contributed by atoms with Crippen LogP contribution in [0.25, 0.3) is 0 Å². The number of aromatic nitrogens is 2. The average Bonchev–Trinajstić information content (AvgIpc) is 2.46. The number of carbonyl (C=O) groups excluding carboxylic acids is 2. The lowest BCUT2D eigenvalue weighted by atomic mass is 9.95. The van der Waals surface area contributed by atoms with Crippen LogP contribution in [0.3, 0.4) is 0 Å². The molecule has 1 atom stereocenters. The van der Waals surface area contributed by atoms with Gasteiger partial charge in [0.15, 0.2) is 5.54 Å². The molecule has 0 radical (unpaired) electrons. The minimum absolute atomic E-state index is 0.148. The van der Waals surface area contributed by atoms with Crippen molar-refractivity contribution in [3.8, 4) is 0 Å². The van der Waals surface area contributed by atoms with Crippen LogP contribution in [0.1, 0.15) is 39.1 Å². The van der Waals surface area contributed by atoms with Crippen molar-refractivity contribution in [3.63, 3.8) is 0 Å². The largest absolute Gasteiger partial charge is 0.444 e. The molecule has 114 valence electrons. The van der Waals surface area contributed by atoms with Gasteiger partial charge in [0.1, 0.15) is 23.1 Å². The second-order valence-corrected chi connectivity index (χ2v) is 6.09. The summed E-state index contributed by atoms with van der Waals surface area (Å²) in [6, 6.07) is 0. The van der Waals surface area contributed by atoms with Crippen molar-refractivity contribution >= 4 is 23.6 Å². The highest BCUT2D eigenvalue weighted by Crippen LogP contribution is 2.37. The molecule has 1 aliphatic heterocycles. The minimum Gasteiger partial charge on any atom is -0.444 e. The number of alkyl carbamates (subject to hydrolysis) is 1. The third-order valence-corrected chi connectivity index (χ3v) is 2.99. The summed E-state index contributed by atoms with van der Waals surface area (Å²) < 4.78 is 5.18. The van der Waals surface area contributed by atoms with Gasteiger partial charge >= 0.3 is 6.09 Å². The Kier molecular flexibility index (Phi) is 3.27. The predicted molar refractivity (Wildman–Crippen MR) is 76.5 cm³/mol. The molecule has 2 rings (SSSR count). The Balaban J connectivity index is 2.36. The van der Waals surface area contributed by atoms with E-state index in [9.17, 15) is 9.59 Å². The van der Waals surface area contributed by atoms with Gasteiger partial charge in [0.2, 0.25) is 0 Å². The van der Waals surface area contributed by atoms with Gasteiger partial charge < -0.3 is 21.1 Å². The summed E-state index contributed by atoms with van der Waals surface area (Å²) in [5, 5.41) is 5.14. The second kappa shape index (κ2) is 4.57. The van der Waals surface area contributed by atoms with Crippen molar-refractivity contribution in [3.05, 3.63) is 11.4 Å². The molecule has 8 heteroatoms. The van der Waals surface area contributed by atoms with Crippen LogP contribution in [0.2, 0.25) is 0 Å². The molecule has 2 heterocycles. The summed E-state index contributed by atoms with van der Waals surface area (Å²) >= 11 is 0. The maximum Gasteiger partial charge on any atom is 0.408 e. The Hall–Kier alpha value is -2.38. The van der Waals surface area contributed by atoms with Gasteiger partial charge in [0.25, 0.3) is 5.91 Å². The van der Waals surface area contributed by atoms with Crippen LogP contribution < -0.4 is 16.4 Å². The smallest absolute Gasteiger partial charge is 0.408 e. The number of nitrogens with two attached hydrogens (primary N) is 1. The zero-order valence-corrected chi connectivity index (χ0v) is 12.7. The predicted octanol–water partition coefficient (Wildman–Crippen LogP) is 1.06. The van der Waals surface area contributed by atoms with Crippen molar-refractivity contribution in [1.29, 1.82) is 0 Å². The number of nitrogens with zero attached hydrogens (tertiary/aromatic N) is 2. The molecule has 21 heavy (non-hydrogen) atoms. The summed E-state index contributed by atoms with van der Waals surface area (Å²) in [5.74, 6) is 0.459. The van der Waals surface area contributed by atoms with Gasteiger partial charge in [-0.3, -0.25) is 4.79 Å². The van der Waals surface area contributed by atoms with Crippen LogP contribution in [0.15, 0.2) is 0 Å². The summed E-state index contributed by atoms with van der Waals surface area (Å²) in [6.45, 7) is 8.40. The van der Waals surface area contributed by atoms with Gasteiger partial charge in [-0.1, -0.05) is 0 Å². The highest BCUT2D eigenvalue weighted by atomic mass is 16.6. The van der Waals surface area contributed by atoms with E-state index in [2.05, 4.69) is 20.6 Å². The highest BCUT2D eigenvalue weighted by molar-refractivity contribution is 6.07. The Morgan fingerprint density at radius 1 is 1.38 bits per heavy atom. The number of hydrogen-bond acceptors (Lipinski definition) is 6. The summed E-state index contributed by atoms with van der Waals surface area (Å²) in [6.07, 6.45) is -0.715. The molecule has 0 bridgehead atoms. The van der Waals surface area contributed by atoms with E-state index in [1.165, 1.54) is 6.92 Å². The SMILES string of the molecule is Cc1nc(N)c2c(n1)NC(=O)C2(C)NC(=O)OC(C)(C)C. The van der Waals surface area contributed by atoms with Crippen LogP contribution >= 0.6 is 0 Å². The lowest BCUT2D eigenvalue weighted by Crippen LogP contribution is -2.50. The molecule has 0 fully saturated rings. The quantitative estimate of drug-likeness (QED) is 0.712. The average molecular weight is 293 g/mol. The number of rotatable bonds is 1. The van der Waals surface area contributed by atoms with Crippen LogP contribution in [0.4, 0.5) is 16.4 Å². The maximum absolute atomic E-state index is 12.2. The van der Waals surface area contributed by atoms with Gasteiger partial charge in [-0.15, -0.1) is 0 Å². The maximum atomic E-state index is 12.2. The molecule has 0 spiro atoms. The van der Waals surface area contributed by atoms with E-state index in [-0.39, 0.29) is 5.82 Å². The van der Waals surface area contributed by atoms with Crippen molar-refractivity contribution in [2.75, 3.05) is 11.1 Å². The molecule has 1 aromatic rings. The summed E-state index contributed by atoms with van der Waals surface area (Å²) in [5.41, 5.74) is 4.19. The molecule has 0 aromatic carbocycles. The number of hydrogen-bond donors (Lipinski definition) is 3. The molecular weight excluding hydrogens is 274 g/mol.